The molecular weight excluding hydrogens is 158 g/mol. The number of cyclic esters (lactones) is 2. The lowest BCUT2D eigenvalue weighted by molar-refractivity contribution is -0.150. The quantitative estimate of drug-likeness (QED) is 0.422. The summed E-state index contributed by atoms with van der Waals surface area (Å²) in [7, 11) is 0. The number of esters is 2. The molecule has 0 radical (unpaired) electrons. The molecule has 12 heavy (non-hydrogen) atoms. The van der Waals surface area contributed by atoms with Crippen molar-refractivity contribution in [1.82, 2.24) is 0 Å². The van der Waals surface area contributed by atoms with Crippen LogP contribution in [-0.2, 0) is 14.3 Å². The average Bonchev–Trinajstić information content (AvgIpc) is 2.09. The Hall–Kier alpha value is -1.16. The van der Waals surface area contributed by atoms with E-state index in [2.05, 4.69) is 4.74 Å². The van der Waals surface area contributed by atoms with Crippen LogP contribution in [0.4, 0.5) is 0 Å². The van der Waals surface area contributed by atoms with E-state index in [1.54, 1.807) is 0 Å². The molecule has 0 fully saturated rings. The molecule has 0 saturated heterocycles. The number of carbonyl (C=O) groups excluding carboxylic acids is 2. The molecule has 4 nitrogen and oxygen atoms in total. The van der Waals surface area contributed by atoms with Crippen LogP contribution in [-0.4, -0.2) is 17.5 Å². The van der Waals surface area contributed by atoms with Gasteiger partial charge in [0.05, 0.1) is 0 Å². The molecule has 0 spiro atoms. The molecule has 0 atom stereocenters. The number of rotatable bonds is 0. The van der Waals surface area contributed by atoms with E-state index >= 15 is 0 Å². The van der Waals surface area contributed by atoms with E-state index in [-0.39, 0.29) is 5.54 Å². The van der Waals surface area contributed by atoms with Crippen LogP contribution in [0.15, 0.2) is 12.2 Å². The topological polar surface area (TPSA) is 69.4 Å². The van der Waals surface area contributed by atoms with Crippen LogP contribution in [0.1, 0.15) is 20.8 Å². The lowest BCUT2D eigenvalue weighted by atomic mass is 10.1. The van der Waals surface area contributed by atoms with E-state index in [1.165, 1.54) is 0 Å². The zero-order chi connectivity index (χ0) is 9.78. The van der Waals surface area contributed by atoms with Gasteiger partial charge in [-0.3, -0.25) is 0 Å². The zero-order valence-corrected chi connectivity index (χ0v) is 7.46. The Morgan fingerprint density at radius 3 is 1.50 bits per heavy atom. The van der Waals surface area contributed by atoms with Crippen molar-refractivity contribution < 1.29 is 14.3 Å². The fraction of sp³-hybridized carbons (Fsp3) is 0.500. The first-order chi connectivity index (χ1) is 5.29. The molecule has 1 heterocycles. The minimum Gasteiger partial charge on any atom is -0.387 e. The first-order valence-corrected chi connectivity index (χ1v) is 3.52. The molecule has 0 amide bonds. The van der Waals surface area contributed by atoms with Gasteiger partial charge in [-0.25, -0.2) is 9.59 Å². The molecule has 0 saturated carbocycles. The number of hydrogen-bond donors (Lipinski definition) is 1. The average molecular weight is 171 g/mol. The van der Waals surface area contributed by atoms with Crippen LogP contribution in [0.2, 0.25) is 0 Å². The van der Waals surface area contributed by atoms with Gasteiger partial charge in [0, 0.05) is 17.7 Å². The van der Waals surface area contributed by atoms with Crippen LogP contribution < -0.4 is 5.73 Å². The van der Waals surface area contributed by atoms with Crippen molar-refractivity contribution in [3.63, 3.8) is 0 Å². The summed E-state index contributed by atoms with van der Waals surface area (Å²) in [5, 5.41) is 0. The van der Waals surface area contributed by atoms with E-state index in [9.17, 15) is 9.59 Å². The molecule has 0 aliphatic carbocycles. The maximum absolute atomic E-state index is 9.92. The van der Waals surface area contributed by atoms with Crippen LogP contribution in [0, 0.1) is 0 Å². The molecule has 0 aromatic heterocycles. The van der Waals surface area contributed by atoms with Gasteiger partial charge in [0.2, 0.25) is 0 Å². The van der Waals surface area contributed by atoms with Gasteiger partial charge in [0.15, 0.2) is 0 Å². The predicted molar refractivity (Wildman–Crippen MR) is 44.2 cm³/mol. The van der Waals surface area contributed by atoms with E-state index in [4.69, 9.17) is 5.73 Å². The van der Waals surface area contributed by atoms with Crippen LogP contribution >= 0.6 is 0 Å². The van der Waals surface area contributed by atoms with Gasteiger partial charge in [-0.15, -0.1) is 0 Å². The Labute approximate surface area is 71.4 Å². The van der Waals surface area contributed by atoms with Crippen molar-refractivity contribution in [2.45, 2.75) is 26.3 Å². The minimum atomic E-state index is -0.579. The SMILES string of the molecule is CC(C)(C)N.O=C1C=CC(=O)O1. The maximum Gasteiger partial charge on any atom is 0.338 e. The molecule has 1 rings (SSSR count). The lowest BCUT2D eigenvalue weighted by Crippen LogP contribution is -2.26. The highest BCUT2D eigenvalue weighted by molar-refractivity contribution is 6.04. The Kier molecular flexibility index (Phi) is 3.63. The van der Waals surface area contributed by atoms with Crippen LogP contribution in [0.3, 0.4) is 0 Å². The van der Waals surface area contributed by atoms with Crippen molar-refractivity contribution >= 4 is 11.9 Å². The van der Waals surface area contributed by atoms with Gasteiger partial charge in [-0.2, -0.15) is 0 Å². The van der Waals surface area contributed by atoms with Gasteiger partial charge in [0.25, 0.3) is 0 Å². The highest BCUT2D eigenvalue weighted by Gasteiger charge is 2.10. The summed E-state index contributed by atoms with van der Waals surface area (Å²) in [6.07, 6.45) is 2.17. The number of ether oxygens (including phenoxy) is 1. The molecule has 1 aliphatic heterocycles. The fourth-order valence-electron chi connectivity index (χ4n) is 0.303. The summed E-state index contributed by atoms with van der Waals surface area (Å²) in [6.45, 7) is 5.90. The molecule has 4 heteroatoms. The van der Waals surface area contributed by atoms with Crippen LogP contribution in [0.25, 0.3) is 0 Å². The summed E-state index contributed by atoms with van der Waals surface area (Å²) >= 11 is 0. The standard InChI is InChI=1S/C4H11N.C4H2O3/c1-4(2,3)5;5-3-1-2-4(6)7-3/h5H2,1-3H3;1-2H. The highest BCUT2D eigenvalue weighted by atomic mass is 16.6. The summed E-state index contributed by atoms with van der Waals surface area (Å²) in [5.41, 5.74) is 5.35. The molecule has 0 unspecified atom stereocenters. The third-order valence-electron chi connectivity index (χ3n) is 0.557. The molecule has 1 aliphatic rings. The van der Waals surface area contributed by atoms with Gasteiger partial charge < -0.3 is 10.5 Å². The second kappa shape index (κ2) is 4.01. The Morgan fingerprint density at radius 1 is 1.17 bits per heavy atom. The van der Waals surface area contributed by atoms with Crippen molar-refractivity contribution in [3.05, 3.63) is 12.2 Å². The van der Waals surface area contributed by atoms with Crippen LogP contribution in [0.5, 0.6) is 0 Å². The second-order valence-corrected chi connectivity index (χ2v) is 3.44. The van der Waals surface area contributed by atoms with Crippen molar-refractivity contribution in [1.29, 1.82) is 0 Å². The summed E-state index contributed by atoms with van der Waals surface area (Å²) in [4.78, 5) is 19.8. The largest absolute Gasteiger partial charge is 0.387 e. The first kappa shape index (κ1) is 10.8. The summed E-state index contributed by atoms with van der Waals surface area (Å²) in [6, 6.07) is 0. The molecular formula is C8H13NO3. The van der Waals surface area contributed by atoms with E-state index < -0.39 is 11.9 Å². The zero-order valence-electron chi connectivity index (χ0n) is 7.46. The van der Waals surface area contributed by atoms with Crippen molar-refractivity contribution in [2.24, 2.45) is 5.73 Å². The summed E-state index contributed by atoms with van der Waals surface area (Å²) < 4.78 is 3.97. The Bertz CT molecular complexity index is 191. The smallest absolute Gasteiger partial charge is 0.338 e. The maximum atomic E-state index is 9.92. The summed E-state index contributed by atoms with van der Waals surface area (Å²) in [5.74, 6) is -1.16. The Balaban J connectivity index is 0.000000217. The lowest BCUT2D eigenvalue weighted by Gasteiger charge is -2.06. The third-order valence-corrected chi connectivity index (χ3v) is 0.557. The number of carbonyl (C=O) groups is 2. The molecule has 0 bridgehead atoms. The number of hydrogen-bond acceptors (Lipinski definition) is 4. The second-order valence-electron chi connectivity index (χ2n) is 3.44. The molecule has 0 aromatic carbocycles. The van der Waals surface area contributed by atoms with E-state index in [0.29, 0.717) is 0 Å². The first-order valence-electron chi connectivity index (χ1n) is 3.52. The monoisotopic (exact) mass is 171 g/mol. The predicted octanol–water partition coefficient (Wildman–Crippen LogP) is 0.370. The van der Waals surface area contributed by atoms with E-state index in [1.807, 2.05) is 20.8 Å². The third kappa shape index (κ3) is 8.84. The van der Waals surface area contributed by atoms with Gasteiger partial charge in [-0.05, 0) is 20.8 Å². The van der Waals surface area contributed by atoms with E-state index in [0.717, 1.165) is 12.2 Å². The molecule has 68 valence electrons. The number of nitrogens with two attached hydrogens (primary N) is 1. The van der Waals surface area contributed by atoms with Gasteiger partial charge >= 0.3 is 11.9 Å². The fourth-order valence-corrected chi connectivity index (χ4v) is 0.303. The molecule has 2 N–H and O–H groups in total. The molecule has 0 aromatic rings. The van der Waals surface area contributed by atoms with Gasteiger partial charge in [0.1, 0.15) is 0 Å². The van der Waals surface area contributed by atoms with Gasteiger partial charge in [-0.1, -0.05) is 0 Å². The normalized spacial score (nSPS) is 15.3. The minimum absolute atomic E-state index is 0. The highest BCUT2D eigenvalue weighted by Crippen LogP contribution is 1.92. The van der Waals surface area contributed by atoms with Crippen molar-refractivity contribution in [2.75, 3.05) is 0 Å². The van der Waals surface area contributed by atoms with Crippen molar-refractivity contribution in [3.8, 4) is 0 Å². The Morgan fingerprint density at radius 2 is 1.42 bits per heavy atom.